The maximum Gasteiger partial charge on any atom is 0.419 e. The maximum absolute atomic E-state index is 15.3. The molecule has 0 N–H and O–H groups in total. The molecular formula is C32H38F4O. The van der Waals surface area contributed by atoms with E-state index in [1.807, 2.05) is 6.08 Å². The highest BCUT2D eigenvalue weighted by Crippen LogP contribution is 2.43. The lowest BCUT2D eigenvalue weighted by Crippen LogP contribution is -2.25. The van der Waals surface area contributed by atoms with Crippen molar-refractivity contribution < 1.29 is 22.3 Å². The summed E-state index contributed by atoms with van der Waals surface area (Å²) in [4.78, 5) is 0. The molecule has 5 rings (SSSR count). The van der Waals surface area contributed by atoms with E-state index < -0.39 is 17.6 Å². The molecule has 1 heterocycles. The van der Waals surface area contributed by atoms with Crippen LogP contribution in [0.15, 0.2) is 42.5 Å². The summed E-state index contributed by atoms with van der Waals surface area (Å²) in [5.41, 5.74) is 0.104. The molecule has 200 valence electrons. The van der Waals surface area contributed by atoms with Crippen LogP contribution in [0.25, 0.3) is 17.2 Å². The number of allylic oxidation sites excluding steroid dienone is 1. The largest absolute Gasteiger partial charge is 0.419 e. The van der Waals surface area contributed by atoms with Gasteiger partial charge in [-0.2, -0.15) is 13.2 Å². The number of rotatable bonds is 7. The third-order valence-corrected chi connectivity index (χ3v) is 9.00. The monoisotopic (exact) mass is 514 g/mol. The zero-order chi connectivity index (χ0) is 26.0. The van der Waals surface area contributed by atoms with Gasteiger partial charge in [0, 0.05) is 5.56 Å². The molecule has 5 heteroatoms. The Hall–Kier alpha value is -2.14. The van der Waals surface area contributed by atoms with Crippen LogP contribution >= 0.6 is 0 Å². The van der Waals surface area contributed by atoms with Crippen molar-refractivity contribution in [1.82, 2.24) is 0 Å². The van der Waals surface area contributed by atoms with E-state index in [0.29, 0.717) is 12.2 Å². The zero-order valence-electron chi connectivity index (χ0n) is 21.7. The first kappa shape index (κ1) is 26.5. The maximum atomic E-state index is 15.3. The van der Waals surface area contributed by atoms with Crippen LogP contribution in [0.2, 0.25) is 0 Å². The summed E-state index contributed by atoms with van der Waals surface area (Å²) >= 11 is 0. The lowest BCUT2D eigenvalue weighted by molar-refractivity contribution is -0.140. The number of epoxide rings is 1. The highest BCUT2D eigenvalue weighted by Gasteiger charge is 2.38. The van der Waals surface area contributed by atoms with Crippen molar-refractivity contribution in [3.8, 4) is 11.1 Å². The van der Waals surface area contributed by atoms with Crippen molar-refractivity contribution in [2.24, 2.45) is 23.7 Å². The average molecular weight is 515 g/mol. The summed E-state index contributed by atoms with van der Waals surface area (Å²) in [5.74, 6) is 1.54. The molecule has 0 amide bonds. The van der Waals surface area contributed by atoms with Crippen LogP contribution in [0.3, 0.4) is 0 Å². The van der Waals surface area contributed by atoms with Gasteiger partial charge in [-0.3, -0.25) is 0 Å². The van der Waals surface area contributed by atoms with Gasteiger partial charge >= 0.3 is 6.18 Å². The van der Waals surface area contributed by atoms with Crippen LogP contribution in [0.1, 0.15) is 93.9 Å². The Morgan fingerprint density at radius 3 is 2.05 bits per heavy atom. The third-order valence-electron chi connectivity index (χ3n) is 9.00. The van der Waals surface area contributed by atoms with E-state index in [1.165, 1.54) is 56.7 Å². The standard InChI is InChI=1S/C32H38F4O/c1-2-3-21-4-9-23(10-5-21)24-11-6-22(7-12-24)8-13-27-18-19-28(31(33)30(27)32(34,35)36)25-14-16-26(17-15-25)29-20-37-29/h8,13-19,21-24,29H,2-7,9-12,20H2,1H3/b13-8+. The minimum absolute atomic E-state index is 0.0260. The average Bonchev–Trinajstić information content (AvgIpc) is 3.74. The highest BCUT2D eigenvalue weighted by molar-refractivity contribution is 5.69. The fourth-order valence-electron chi connectivity index (χ4n) is 6.76. The number of hydrogen-bond donors (Lipinski definition) is 0. The summed E-state index contributed by atoms with van der Waals surface area (Å²) < 4.78 is 62.5. The molecule has 0 spiro atoms. The van der Waals surface area contributed by atoms with E-state index in [4.69, 9.17) is 4.74 Å². The topological polar surface area (TPSA) is 12.5 Å². The van der Waals surface area contributed by atoms with Gasteiger partial charge in [0.05, 0.1) is 12.2 Å². The number of ether oxygens (including phenoxy) is 1. The van der Waals surface area contributed by atoms with Crippen LogP contribution in [0.4, 0.5) is 17.6 Å². The Kier molecular flexibility index (Phi) is 8.09. The predicted molar refractivity (Wildman–Crippen MR) is 140 cm³/mol. The van der Waals surface area contributed by atoms with Crippen molar-refractivity contribution in [3.63, 3.8) is 0 Å². The predicted octanol–water partition coefficient (Wildman–Crippen LogP) is 10.0. The van der Waals surface area contributed by atoms with Crippen LogP contribution in [0, 0.1) is 29.5 Å². The van der Waals surface area contributed by atoms with E-state index in [1.54, 1.807) is 24.3 Å². The van der Waals surface area contributed by atoms with E-state index in [9.17, 15) is 13.2 Å². The Balaban J connectivity index is 1.25. The SMILES string of the molecule is CCCC1CCC(C2CCC(/C=C/c3ccc(-c4ccc(C5CO5)cc4)c(F)c3C(F)(F)F)CC2)CC1. The van der Waals surface area contributed by atoms with Crippen molar-refractivity contribution in [2.45, 2.75) is 83.4 Å². The molecule has 37 heavy (non-hydrogen) atoms. The fraction of sp³-hybridized carbons (Fsp3) is 0.562. The molecule has 0 aromatic heterocycles. The molecule has 1 aliphatic heterocycles. The molecule has 0 bridgehead atoms. The van der Waals surface area contributed by atoms with Gasteiger partial charge in [0.2, 0.25) is 0 Å². The number of benzene rings is 2. The van der Waals surface area contributed by atoms with Gasteiger partial charge in [-0.1, -0.05) is 81.2 Å². The molecule has 1 saturated heterocycles. The second-order valence-corrected chi connectivity index (χ2v) is 11.4. The Morgan fingerprint density at radius 2 is 1.49 bits per heavy atom. The molecule has 3 fully saturated rings. The fourth-order valence-corrected chi connectivity index (χ4v) is 6.76. The van der Waals surface area contributed by atoms with Gasteiger partial charge in [0.1, 0.15) is 11.9 Å². The first-order valence-corrected chi connectivity index (χ1v) is 14.1. The molecule has 3 aliphatic rings. The van der Waals surface area contributed by atoms with Crippen LogP contribution in [0.5, 0.6) is 0 Å². The van der Waals surface area contributed by atoms with Gasteiger partial charge in [0.15, 0.2) is 0 Å². The molecule has 2 aromatic carbocycles. The van der Waals surface area contributed by atoms with Crippen LogP contribution < -0.4 is 0 Å². The normalized spacial score (nSPS) is 28.5. The summed E-state index contributed by atoms with van der Waals surface area (Å²) in [5, 5.41) is 0. The Bertz CT molecular complexity index is 1070. The van der Waals surface area contributed by atoms with E-state index in [0.717, 1.165) is 49.0 Å². The van der Waals surface area contributed by atoms with Crippen LogP contribution in [-0.2, 0) is 10.9 Å². The van der Waals surface area contributed by atoms with Crippen molar-refractivity contribution in [1.29, 1.82) is 0 Å². The van der Waals surface area contributed by atoms with E-state index in [-0.39, 0.29) is 23.1 Å². The van der Waals surface area contributed by atoms with Gasteiger partial charge < -0.3 is 4.74 Å². The van der Waals surface area contributed by atoms with Crippen molar-refractivity contribution >= 4 is 6.08 Å². The number of hydrogen-bond acceptors (Lipinski definition) is 1. The highest BCUT2D eigenvalue weighted by atomic mass is 19.4. The molecule has 0 radical (unpaired) electrons. The second kappa shape index (κ2) is 11.3. The zero-order valence-corrected chi connectivity index (χ0v) is 21.7. The molecular weight excluding hydrogens is 476 g/mol. The Labute approximate surface area is 218 Å². The summed E-state index contributed by atoms with van der Waals surface area (Å²) in [6.07, 6.45) is 11.0. The third kappa shape index (κ3) is 6.30. The van der Waals surface area contributed by atoms with Gasteiger partial charge in [-0.15, -0.1) is 0 Å². The van der Waals surface area contributed by atoms with Gasteiger partial charge in [-0.05, 0) is 78.9 Å². The minimum atomic E-state index is -4.77. The summed E-state index contributed by atoms with van der Waals surface area (Å²) in [6.45, 7) is 2.92. The molecule has 1 nitrogen and oxygen atoms in total. The quantitative estimate of drug-likeness (QED) is 0.265. The summed E-state index contributed by atoms with van der Waals surface area (Å²) in [6, 6.07) is 9.80. The van der Waals surface area contributed by atoms with Gasteiger partial charge in [-0.25, -0.2) is 4.39 Å². The Morgan fingerprint density at radius 1 is 0.865 bits per heavy atom. The van der Waals surface area contributed by atoms with E-state index >= 15 is 4.39 Å². The lowest BCUT2D eigenvalue weighted by Gasteiger charge is -2.37. The molecule has 2 saturated carbocycles. The van der Waals surface area contributed by atoms with E-state index in [2.05, 4.69) is 6.92 Å². The van der Waals surface area contributed by atoms with Gasteiger partial charge in [0.25, 0.3) is 0 Å². The molecule has 1 atom stereocenters. The first-order chi connectivity index (χ1) is 17.8. The molecule has 2 aromatic rings. The first-order valence-electron chi connectivity index (χ1n) is 14.1. The van der Waals surface area contributed by atoms with Crippen molar-refractivity contribution in [3.05, 3.63) is 65.0 Å². The summed E-state index contributed by atoms with van der Waals surface area (Å²) in [7, 11) is 0. The molecule has 2 aliphatic carbocycles. The smallest absolute Gasteiger partial charge is 0.368 e. The van der Waals surface area contributed by atoms with Crippen molar-refractivity contribution in [2.75, 3.05) is 6.61 Å². The second-order valence-electron chi connectivity index (χ2n) is 11.4. The lowest BCUT2D eigenvalue weighted by atomic mass is 9.68. The molecule has 1 unspecified atom stereocenters. The number of alkyl halides is 3. The minimum Gasteiger partial charge on any atom is -0.368 e. The van der Waals surface area contributed by atoms with Crippen LogP contribution in [-0.4, -0.2) is 6.61 Å². The number of halogens is 4.